The first kappa shape index (κ1) is 10.5. The highest BCUT2D eigenvalue weighted by Gasteiger charge is 2.10. The molecule has 0 aliphatic heterocycles. The summed E-state index contributed by atoms with van der Waals surface area (Å²) in [4.78, 5) is 0. The molecule has 0 aliphatic rings. The molecule has 0 unspecified atom stereocenters. The molecule has 3 aromatic rings. The van der Waals surface area contributed by atoms with Gasteiger partial charge in [0.2, 0.25) is 0 Å². The molecule has 2 nitrogen and oxygen atoms in total. The van der Waals surface area contributed by atoms with Gasteiger partial charge in [-0.25, -0.2) is 0 Å². The third kappa shape index (κ3) is 1.76. The van der Waals surface area contributed by atoms with Crippen LogP contribution in [0.1, 0.15) is 0 Å². The number of rotatable bonds is 1. The van der Waals surface area contributed by atoms with E-state index in [2.05, 4.69) is 39.2 Å². The standard InChI is InChI=1S/C14H11BrN2/c1-17-14(10-5-3-2-4-6-10)12-9-11(15)7-8-13(12)16-17/h2-9H,1H3. The van der Waals surface area contributed by atoms with Gasteiger partial charge in [-0.1, -0.05) is 46.3 Å². The molecule has 0 amide bonds. The quantitative estimate of drug-likeness (QED) is 0.661. The molecule has 2 aromatic carbocycles. The molecule has 1 heterocycles. The maximum atomic E-state index is 4.53. The van der Waals surface area contributed by atoms with Gasteiger partial charge in [0.15, 0.2) is 0 Å². The van der Waals surface area contributed by atoms with Gasteiger partial charge in [0.25, 0.3) is 0 Å². The Morgan fingerprint density at radius 1 is 1.06 bits per heavy atom. The maximum absolute atomic E-state index is 4.53. The lowest BCUT2D eigenvalue weighted by atomic mass is 10.1. The van der Waals surface area contributed by atoms with Crippen molar-refractivity contribution in [3.63, 3.8) is 0 Å². The van der Waals surface area contributed by atoms with Crippen LogP contribution in [0.5, 0.6) is 0 Å². The Kier molecular flexibility index (Phi) is 2.48. The molecular formula is C14H11BrN2. The van der Waals surface area contributed by atoms with Gasteiger partial charge < -0.3 is 0 Å². The Bertz CT molecular complexity index is 671. The van der Waals surface area contributed by atoms with E-state index in [4.69, 9.17) is 0 Å². The van der Waals surface area contributed by atoms with Gasteiger partial charge in [0, 0.05) is 22.5 Å². The van der Waals surface area contributed by atoms with Crippen LogP contribution >= 0.6 is 15.9 Å². The van der Waals surface area contributed by atoms with Gasteiger partial charge in [-0.3, -0.25) is 4.68 Å². The fourth-order valence-corrected chi connectivity index (χ4v) is 2.47. The fraction of sp³-hybridized carbons (Fsp3) is 0.0714. The Morgan fingerprint density at radius 3 is 2.59 bits per heavy atom. The number of aromatic nitrogens is 2. The average molecular weight is 287 g/mol. The van der Waals surface area contributed by atoms with E-state index in [9.17, 15) is 0 Å². The summed E-state index contributed by atoms with van der Waals surface area (Å²) in [6, 6.07) is 16.5. The van der Waals surface area contributed by atoms with Crippen LogP contribution in [-0.4, -0.2) is 9.78 Å². The average Bonchev–Trinajstić information content (AvgIpc) is 2.65. The highest BCUT2D eigenvalue weighted by molar-refractivity contribution is 9.10. The molecule has 0 radical (unpaired) electrons. The minimum atomic E-state index is 1.02. The van der Waals surface area contributed by atoms with E-state index in [0.29, 0.717) is 0 Å². The first-order chi connectivity index (χ1) is 8.25. The lowest BCUT2D eigenvalue weighted by molar-refractivity contribution is 0.788. The van der Waals surface area contributed by atoms with Gasteiger partial charge in [-0.05, 0) is 18.2 Å². The molecule has 0 bridgehead atoms. The Morgan fingerprint density at radius 2 is 1.82 bits per heavy atom. The van der Waals surface area contributed by atoms with E-state index in [-0.39, 0.29) is 0 Å². The molecule has 17 heavy (non-hydrogen) atoms. The Balaban J connectivity index is 2.35. The number of halogens is 1. The zero-order valence-electron chi connectivity index (χ0n) is 9.39. The summed E-state index contributed by atoms with van der Waals surface area (Å²) in [6.07, 6.45) is 0. The second-order valence-electron chi connectivity index (χ2n) is 4.00. The normalized spacial score (nSPS) is 10.9. The summed E-state index contributed by atoms with van der Waals surface area (Å²) in [5, 5.41) is 5.70. The van der Waals surface area contributed by atoms with Gasteiger partial charge in [-0.2, -0.15) is 5.10 Å². The van der Waals surface area contributed by atoms with Crippen LogP contribution in [0.25, 0.3) is 22.2 Å². The molecule has 0 saturated carbocycles. The minimum absolute atomic E-state index is 1.02. The van der Waals surface area contributed by atoms with Crippen molar-refractivity contribution >= 4 is 26.8 Å². The minimum Gasteiger partial charge on any atom is -0.267 e. The van der Waals surface area contributed by atoms with Crippen molar-refractivity contribution in [2.45, 2.75) is 0 Å². The van der Waals surface area contributed by atoms with Crippen LogP contribution < -0.4 is 0 Å². The molecule has 0 aliphatic carbocycles. The van der Waals surface area contributed by atoms with Crippen molar-refractivity contribution in [1.82, 2.24) is 9.78 Å². The molecule has 3 rings (SSSR count). The summed E-state index contributed by atoms with van der Waals surface area (Å²) in [5.41, 5.74) is 3.37. The molecule has 0 spiro atoms. The molecular weight excluding hydrogens is 276 g/mol. The zero-order chi connectivity index (χ0) is 11.8. The lowest BCUT2D eigenvalue weighted by Crippen LogP contribution is -1.92. The lowest BCUT2D eigenvalue weighted by Gasteiger charge is -2.02. The summed E-state index contributed by atoms with van der Waals surface area (Å²) in [7, 11) is 1.98. The number of aryl methyl sites for hydroxylation is 1. The van der Waals surface area contributed by atoms with Crippen LogP contribution in [0.4, 0.5) is 0 Å². The number of hydrogen-bond donors (Lipinski definition) is 0. The highest BCUT2D eigenvalue weighted by Crippen LogP contribution is 2.29. The number of nitrogens with zero attached hydrogens (tertiary/aromatic N) is 2. The predicted molar refractivity (Wildman–Crippen MR) is 73.9 cm³/mol. The SMILES string of the molecule is Cn1nc2ccc(Br)cc2c1-c1ccccc1. The Labute approximate surface area is 108 Å². The van der Waals surface area contributed by atoms with Gasteiger partial charge in [0.05, 0.1) is 11.2 Å². The van der Waals surface area contributed by atoms with E-state index >= 15 is 0 Å². The largest absolute Gasteiger partial charge is 0.267 e. The van der Waals surface area contributed by atoms with E-state index in [1.807, 2.05) is 42.1 Å². The van der Waals surface area contributed by atoms with Crippen LogP contribution in [0.2, 0.25) is 0 Å². The smallest absolute Gasteiger partial charge is 0.0930 e. The molecule has 0 fully saturated rings. The molecule has 0 N–H and O–H groups in total. The predicted octanol–water partition coefficient (Wildman–Crippen LogP) is 4.00. The van der Waals surface area contributed by atoms with E-state index < -0.39 is 0 Å². The monoisotopic (exact) mass is 286 g/mol. The van der Waals surface area contributed by atoms with Gasteiger partial charge in [-0.15, -0.1) is 0 Å². The van der Waals surface area contributed by atoms with Gasteiger partial charge in [0.1, 0.15) is 0 Å². The van der Waals surface area contributed by atoms with Crippen LogP contribution in [0.3, 0.4) is 0 Å². The van der Waals surface area contributed by atoms with Crippen LogP contribution in [0, 0.1) is 0 Å². The third-order valence-electron chi connectivity index (χ3n) is 2.84. The Hall–Kier alpha value is -1.61. The molecule has 0 atom stereocenters. The first-order valence-corrected chi connectivity index (χ1v) is 6.23. The maximum Gasteiger partial charge on any atom is 0.0930 e. The second-order valence-corrected chi connectivity index (χ2v) is 4.92. The van der Waals surface area contributed by atoms with Crippen molar-refractivity contribution < 1.29 is 0 Å². The van der Waals surface area contributed by atoms with E-state index in [1.54, 1.807) is 0 Å². The number of fused-ring (bicyclic) bond motifs is 1. The van der Waals surface area contributed by atoms with Crippen molar-refractivity contribution in [3.05, 3.63) is 53.0 Å². The number of hydrogen-bond acceptors (Lipinski definition) is 1. The van der Waals surface area contributed by atoms with Crippen LogP contribution in [0.15, 0.2) is 53.0 Å². The third-order valence-corrected chi connectivity index (χ3v) is 3.34. The summed E-state index contributed by atoms with van der Waals surface area (Å²) in [6.45, 7) is 0. The topological polar surface area (TPSA) is 17.8 Å². The van der Waals surface area contributed by atoms with Crippen molar-refractivity contribution in [2.24, 2.45) is 7.05 Å². The zero-order valence-corrected chi connectivity index (χ0v) is 11.0. The fourth-order valence-electron chi connectivity index (χ4n) is 2.11. The molecule has 3 heteroatoms. The summed E-state index contributed by atoms with van der Waals surface area (Å²) in [5.74, 6) is 0. The van der Waals surface area contributed by atoms with Crippen molar-refractivity contribution in [2.75, 3.05) is 0 Å². The van der Waals surface area contributed by atoms with Crippen LogP contribution in [-0.2, 0) is 7.05 Å². The summed E-state index contributed by atoms with van der Waals surface area (Å²) < 4.78 is 3.02. The van der Waals surface area contributed by atoms with E-state index in [0.717, 1.165) is 15.7 Å². The van der Waals surface area contributed by atoms with Crippen molar-refractivity contribution in [1.29, 1.82) is 0 Å². The first-order valence-electron chi connectivity index (χ1n) is 5.43. The number of benzene rings is 2. The van der Waals surface area contributed by atoms with Crippen molar-refractivity contribution in [3.8, 4) is 11.3 Å². The summed E-state index contributed by atoms with van der Waals surface area (Å²) >= 11 is 3.51. The highest BCUT2D eigenvalue weighted by atomic mass is 79.9. The molecule has 1 aromatic heterocycles. The second kappa shape index (κ2) is 4.00. The van der Waals surface area contributed by atoms with Gasteiger partial charge >= 0.3 is 0 Å². The van der Waals surface area contributed by atoms with E-state index in [1.165, 1.54) is 10.9 Å². The molecule has 0 saturated heterocycles. The molecule has 84 valence electrons.